The number of carboxylic acid groups (broad SMARTS) is 1. The molecule has 0 aliphatic carbocycles. The zero-order valence-corrected chi connectivity index (χ0v) is 18.2. The standard InChI is InChI=1S/C20H23NO3S.C2HF3O2/c1-17-9-11-20(12-10-17)25(23,24)15-13-19(22)8-5-14-21-16-18-6-3-2-4-7-18;3-2(4,5)1(6)7/h2-12,21H,13-16H2,1H3;(H,6,7)/b8-5+;. The number of aryl methyl sites for hydroxylation is 1. The Bertz CT molecular complexity index is 1000. The summed E-state index contributed by atoms with van der Waals surface area (Å²) in [6, 6.07) is 16.8. The first-order valence-electron chi connectivity index (χ1n) is 9.54. The fourth-order valence-electron chi connectivity index (χ4n) is 2.34. The van der Waals surface area contributed by atoms with E-state index in [0.29, 0.717) is 6.54 Å². The van der Waals surface area contributed by atoms with E-state index in [1.54, 1.807) is 30.3 Å². The third kappa shape index (κ3) is 10.9. The summed E-state index contributed by atoms with van der Waals surface area (Å²) in [6.45, 7) is 3.44. The fourth-order valence-corrected chi connectivity index (χ4v) is 3.60. The van der Waals surface area contributed by atoms with Gasteiger partial charge in [-0.3, -0.25) is 4.79 Å². The molecule has 0 fully saturated rings. The largest absolute Gasteiger partial charge is 0.542 e. The van der Waals surface area contributed by atoms with Crippen molar-refractivity contribution >= 4 is 21.6 Å². The maximum Gasteiger partial charge on any atom is 0.430 e. The summed E-state index contributed by atoms with van der Waals surface area (Å²) in [5.74, 6) is -3.33. The van der Waals surface area contributed by atoms with Gasteiger partial charge in [-0.2, -0.15) is 13.2 Å². The number of rotatable bonds is 9. The molecular weight excluding hydrogens is 447 g/mol. The maximum atomic E-state index is 12.2. The van der Waals surface area contributed by atoms with Crippen molar-refractivity contribution in [3.8, 4) is 0 Å². The molecule has 0 aromatic heterocycles. The van der Waals surface area contributed by atoms with Crippen LogP contribution in [0.4, 0.5) is 13.2 Å². The van der Waals surface area contributed by atoms with E-state index in [4.69, 9.17) is 9.90 Å². The first-order valence-corrected chi connectivity index (χ1v) is 11.2. The highest BCUT2D eigenvalue weighted by Crippen LogP contribution is 2.13. The highest BCUT2D eigenvalue weighted by atomic mass is 32.2. The van der Waals surface area contributed by atoms with Crippen molar-refractivity contribution in [2.75, 3.05) is 12.3 Å². The van der Waals surface area contributed by atoms with Crippen molar-refractivity contribution in [2.24, 2.45) is 0 Å². The third-order valence-corrected chi connectivity index (χ3v) is 5.79. The molecule has 0 unspecified atom stereocenters. The number of ketones is 1. The normalized spacial score (nSPS) is 11.6. The number of hydrogen-bond acceptors (Lipinski definition) is 5. The van der Waals surface area contributed by atoms with Gasteiger partial charge >= 0.3 is 6.18 Å². The van der Waals surface area contributed by atoms with Gasteiger partial charge in [0, 0.05) is 12.0 Å². The number of halogens is 3. The Balaban J connectivity index is 0.000000633. The van der Waals surface area contributed by atoms with E-state index in [-0.39, 0.29) is 22.9 Å². The topological polar surface area (TPSA) is 108 Å². The van der Waals surface area contributed by atoms with Crippen LogP contribution in [-0.2, 0) is 26.0 Å². The van der Waals surface area contributed by atoms with Crippen molar-refractivity contribution in [2.45, 2.75) is 31.0 Å². The number of hydrogen-bond donors (Lipinski definition) is 1. The lowest BCUT2D eigenvalue weighted by atomic mass is 10.2. The highest BCUT2D eigenvalue weighted by Gasteiger charge is 2.28. The average molecular weight is 471 g/mol. The smallest absolute Gasteiger partial charge is 0.430 e. The van der Waals surface area contributed by atoms with Crippen LogP contribution in [0.1, 0.15) is 17.5 Å². The molecule has 174 valence electrons. The molecule has 2 N–H and O–H groups in total. The Morgan fingerprint density at radius 3 is 2.12 bits per heavy atom. The molecule has 0 amide bonds. The number of carbonyl (C=O) groups is 2. The molecule has 0 spiro atoms. The molecule has 10 heteroatoms. The monoisotopic (exact) mass is 471 g/mol. The lowest BCUT2D eigenvalue weighted by Crippen LogP contribution is -2.82. The first kappa shape index (κ1) is 27.1. The predicted molar refractivity (Wildman–Crippen MR) is 110 cm³/mol. The second kappa shape index (κ2) is 12.8. The molecule has 0 radical (unpaired) electrons. The van der Waals surface area contributed by atoms with Gasteiger partial charge in [-0.1, -0.05) is 48.0 Å². The lowest BCUT2D eigenvalue weighted by molar-refractivity contribution is -0.662. The minimum atomic E-state index is -5.19. The SMILES string of the molecule is Cc1ccc(S(=O)(=O)CCC(=O)/C=C/C[NH2+]Cc2ccccc2)cc1.O=C([O-])C(F)(F)F. The van der Waals surface area contributed by atoms with Gasteiger partial charge in [0.2, 0.25) is 0 Å². The number of aliphatic carboxylic acids is 1. The van der Waals surface area contributed by atoms with E-state index < -0.39 is 22.0 Å². The molecule has 0 saturated heterocycles. The Morgan fingerprint density at radius 2 is 1.59 bits per heavy atom. The van der Waals surface area contributed by atoms with Crippen LogP contribution in [0.2, 0.25) is 0 Å². The summed E-state index contributed by atoms with van der Waals surface area (Å²) < 4.78 is 55.9. The van der Waals surface area contributed by atoms with Gasteiger partial charge in [-0.25, -0.2) is 8.42 Å². The van der Waals surface area contributed by atoms with E-state index in [1.165, 1.54) is 11.6 Å². The van der Waals surface area contributed by atoms with Gasteiger partial charge in [0.25, 0.3) is 0 Å². The van der Waals surface area contributed by atoms with E-state index in [2.05, 4.69) is 17.4 Å². The van der Waals surface area contributed by atoms with Gasteiger partial charge < -0.3 is 15.2 Å². The van der Waals surface area contributed by atoms with Crippen LogP contribution in [0.15, 0.2) is 71.6 Å². The van der Waals surface area contributed by atoms with E-state index in [1.807, 2.05) is 25.1 Å². The van der Waals surface area contributed by atoms with Crippen LogP contribution in [0, 0.1) is 6.92 Å². The van der Waals surface area contributed by atoms with Crippen molar-refractivity contribution in [1.82, 2.24) is 0 Å². The summed E-state index contributed by atoms with van der Waals surface area (Å²) in [4.78, 5) is 20.9. The number of allylic oxidation sites excluding steroid dienone is 1. The second-order valence-corrected chi connectivity index (χ2v) is 8.86. The molecular formula is C22H24F3NO5S. The molecule has 0 aliphatic rings. The van der Waals surface area contributed by atoms with Crippen molar-refractivity contribution in [3.63, 3.8) is 0 Å². The lowest BCUT2D eigenvalue weighted by Gasteiger charge is -2.03. The summed E-state index contributed by atoms with van der Waals surface area (Å²) >= 11 is 0. The van der Waals surface area contributed by atoms with E-state index in [0.717, 1.165) is 12.1 Å². The van der Waals surface area contributed by atoms with Crippen LogP contribution in [0.5, 0.6) is 0 Å². The number of quaternary nitrogens is 1. The minimum Gasteiger partial charge on any atom is -0.542 e. The Morgan fingerprint density at radius 1 is 1.03 bits per heavy atom. The predicted octanol–water partition coefficient (Wildman–Crippen LogP) is 1.35. The molecule has 0 heterocycles. The first-order chi connectivity index (χ1) is 14.9. The number of nitrogens with two attached hydrogens (primary N) is 1. The summed E-state index contributed by atoms with van der Waals surface area (Å²) in [5.41, 5.74) is 2.23. The summed E-state index contributed by atoms with van der Waals surface area (Å²) in [6.07, 6.45) is -1.93. The quantitative estimate of drug-likeness (QED) is 0.439. The molecule has 2 aromatic carbocycles. The molecule has 6 nitrogen and oxygen atoms in total. The zero-order chi connectivity index (χ0) is 24.2. The number of carboxylic acids is 1. The Hall–Kier alpha value is -2.98. The van der Waals surface area contributed by atoms with Crippen LogP contribution in [0.25, 0.3) is 0 Å². The van der Waals surface area contributed by atoms with E-state index >= 15 is 0 Å². The Labute approximate surface area is 184 Å². The number of sulfone groups is 1. The number of alkyl halides is 3. The maximum absolute atomic E-state index is 12.2. The van der Waals surface area contributed by atoms with Crippen LogP contribution in [-0.4, -0.2) is 38.6 Å². The summed E-state index contributed by atoms with van der Waals surface area (Å²) in [5, 5.41) is 10.9. The minimum absolute atomic E-state index is 0.00535. The molecule has 0 saturated carbocycles. The molecule has 2 rings (SSSR count). The zero-order valence-electron chi connectivity index (χ0n) is 17.3. The fraction of sp³-hybridized carbons (Fsp3) is 0.273. The van der Waals surface area contributed by atoms with Crippen LogP contribution >= 0.6 is 0 Å². The molecule has 32 heavy (non-hydrogen) atoms. The van der Waals surface area contributed by atoms with Crippen LogP contribution < -0.4 is 10.4 Å². The van der Waals surface area contributed by atoms with Gasteiger partial charge in [0.1, 0.15) is 12.5 Å². The van der Waals surface area contributed by atoms with Gasteiger partial charge in [0.05, 0.1) is 17.2 Å². The van der Waals surface area contributed by atoms with E-state index in [9.17, 15) is 26.4 Å². The average Bonchev–Trinajstić information content (AvgIpc) is 2.73. The molecule has 2 aromatic rings. The molecule has 0 aliphatic heterocycles. The third-order valence-electron chi connectivity index (χ3n) is 4.06. The molecule has 0 bridgehead atoms. The summed E-state index contributed by atoms with van der Waals surface area (Å²) in [7, 11) is -3.41. The molecule has 0 atom stereocenters. The number of benzene rings is 2. The number of carbonyl (C=O) groups excluding carboxylic acids is 2. The van der Waals surface area contributed by atoms with Crippen molar-refractivity contribution in [3.05, 3.63) is 77.9 Å². The van der Waals surface area contributed by atoms with Crippen molar-refractivity contribution < 1.29 is 41.6 Å². The van der Waals surface area contributed by atoms with Crippen molar-refractivity contribution in [1.29, 1.82) is 0 Å². The van der Waals surface area contributed by atoms with Gasteiger partial charge in [0.15, 0.2) is 15.6 Å². The Kier molecular flexibility index (Phi) is 10.8. The van der Waals surface area contributed by atoms with Gasteiger partial charge in [-0.15, -0.1) is 0 Å². The second-order valence-electron chi connectivity index (χ2n) is 6.75. The van der Waals surface area contributed by atoms with Gasteiger partial charge in [-0.05, 0) is 31.2 Å². The van der Waals surface area contributed by atoms with Crippen LogP contribution in [0.3, 0.4) is 0 Å². The highest BCUT2D eigenvalue weighted by molar-refractivity contribution is 7.91.